The number of carbonyl (C=O) groups is 1. The van der Waals surface area contributed by atoms with E-state index in [-0.39, 0.29) is 4.90 Å². The summed E-state index contributed by atoms with van der Waals surface area (Å²) in [5.41, 5.74) is 0. The Morgan fingerprint density at radius 3 is 1.81 bits per heavy atom. The smallest absolute Gasteiger partial charge is 0.332 e. The highest BCUT2D eigenvalue weighted by Gasteiger charge is 2.68. The monoisotopic (exact) mass is 319 g/mol. The van der Waals surface area contributed by atoms with Crippen LogP contribution in [-0.2, 0) is 9.68 Å². The molecule has 1 amide bonds. The largest absolute Gasteiger partial charge is 0.394 e. The third-order valence-electron chi connectivity index (χ3n) is 2.20. The Hall–Kier alpha value is -1.97. The summed E-state index contributed by atoms with van der Waals surface area (Å²) in [7, 11) is 0. The van der Waals surface area contributed by atoms with Crippen LogP contribution in [0.3, 0.4) is 0 Å². The fourth-order valence-electron chi connectivity index (χ4n) is 1.24. The molecule has 0 heterocycles. The molecule has 0 aromatic carbocycles. The van der Waals surface area contributed by atoms with Crippen LogP contribution in [-0.4, -0.2) is 41.0 Å². The van der Waals surface area contributed by atoms with Crippen molar-refractivity contribution in [2.24, 2.45) is 0 Å². The molecule has 0 saturated carbocycles. The second-order valence-electron chi connectivity index (χ2n) is 3.62. The van der Waals surface area contributed by atoms with Crippen molar-refractivity contribution in [1.29, 1.82) is 0 Å². The second-order valence-corrected chi connectivity index (χ2v) is 3.62. The Labute approximate surface area is 115 Å². The Morgan fingerprint density at radius 2 is 1.52 bits per heavy atom. The summed E-state index contributed by atoms with van der Waals surface area (Å²) in [6.07, 6.45) is -1.47. The SMILES string of the molecule is C=CCN(CC=C)C(=O)C(F)(F)C(F)(F)C(OO)=C(F)F. The lowest BCUT2D eigenvalue weighted by molar-refractivity contribution is -0.276. The van der Waals surface area contributed by atoms with Gasteiger partial charge in [0.1, 0.15) is 0 Å². The van der Waals surface area contributed by atoms with Gasteiger partial charge in [0.25, 0.3) is 5.76 Å². The molecule has 4 nitrogen and oxygen atoms in total. The maximum Gasteiger partial charge on any atom is 0.394 e. The number of nitrogens with zero attached hydrogens (tertiary/aromatic N) is 1. The highest BCUT2D eigenvalue weighted by atomic mass is 19.3. The maximum absolute atomic E-state index is 13.5. The van der Waals surface area contributed by atoms with Crippen LogP contribution in [0.5, 0.6) is 0 Å². The molecule has 120 valence electrons. The summed E-state index contributed by atoms with van der Waals surface area (Å²) >= 11 is 0. The minimum atomic E-state index is -5.75. The Bertz CT molecular complexity index is 435. The summed E-state index contributed by atoms with van der Waals surface area (Å²) in [6.45, 7) is 5.17. The normalized spacial score (nSPS) is 11.6. The second kappa shape index (κ2) is 7.16. The van der Waals surface area contributed by atoms with Crippen LogP contribution in [0.2, 0.25) is 0 Å². The lowest BCUT2D eigenvalue weighted by Gasteiger charge is -2.29. The number of allylic oxidation sites excluding steroid dienone is 1. The summed E-state index contributed by atoms with van der Waals surface area (Å²) in [6, 6.07) is 0. The van der Waals surface area contributed by atoms with Gasteiger partial charge < -0.3 is 9.79 Å². The highest BCUT2D eigenvalue weighted by molar-refractivity contribution is 5.85. The topological polar surface area (TPSA) is 49.8 Å². The molecular formula is C11H11F6NO3. The first kappa shape index (κ1) is 19.0. The Morgan fingerprint density at radius 1 is 1.10 bits per heavy atom. The predicted molar refractivity (Wildman–Crippen MR) is 59.8 cm³/mol. The molecule has 0 aliphatic heterocycles. The molecule has 0 aromatic rings. The number of alkyl halides is 4. The van der Waals surface area contributed by atoms with Gasteiger partial charge in [-0.25, -0.2) is 5.26 Å². The van der Waals surface area contributed by atoms with Gasteiger partial charge >= 0.3 is 23.8 Å². The third-order valence-corrected chi connectivity index (χ3v) is 2.20. The van der Waals surface area contributed by atoms with E-state index in [2.05, 4.69) is 18.0 Å². The van der Waals surface area contributed by atoms with E-state index in [0.717, 1.165) is 12.2 Å². The van der Waals surface area contributed by atoms with E-state index in [1.807, 2.05) is 0 Å². The van der Waals surface area contributed by atoms with Gasteiger partial charge in [-0.05, 0) is 0 Å². The maximum atomic E-state index is 13.5. The summed E-state index contributed by atoms with van der Waals surface area (Å²) in [5.74, 6) is -16.8. The molecule has 0 radical (unpaired) electrons. The lowest BCUT2D eigenvalue weighted by atomic mass is 10.1. The van der Waals surface area contributed by atoms with E-state index < -0.39 is 42.7 Å². The van der Waals surface area contributed by atoms with Crippen LogP contribution in [0.4, 0.5) is 26.3 Å². The standard InChI is InChI=1S/C11H11F6NO3/c1-3-5-18(6-4-2)9(19)11(16,17)10(14,15)7(21-20)8(12)13/h3-4,20H,1-2,5-6H2. The van der Waals surface area contributed by atoms with Crippen molar-refractivity contribution in [3.8, 4) is 0 Å². The molecule has 0 saturated heterocycles. The molecule has 10 heteroatoms. The number of amides is 1. The first-order chi connectivity index (χ1) is 9.57. The van der Waals surface area contributed by atoms with E-state index >= 15 is 0 Å². The molecule has 0 bridgehead atoms. The number of hydrogen-bond donors (Lipinski definition) is 1. The van der Waals surface area contributed by atoms with Crippen molar-refractivity contribution in [2.75, 3.05) is 13.1 Å². The molecule has 0 atom stereocenters. The average molecular weight is 319 g/mol. The zero-order valence-corrected chi connectivity index (χ0v) is 10.5. The fourth-order valence-corrected chi connectivity index (χ4v) is 1.24. The van der Waals surface area contributed by atoms with E-state index in [0.29, 0.717) is 0 Å². The van der Waals surface area contributed by atoms with Crippen LogP contribution in [0.1, 0.15) is 0 Å². The molecule has 0 aromatic heterocycles. The van der Waals surface area contributed by atoms with Gasteiger partial charge in [-0.1, -0.05) is 12.2 Å². The zero-order valence-electron chi connectivity index (χ0n) is 10.5. The van der Waals surface area contributed by atoms with E-state index in [4.69, 9.17) is 5.26 Å². The summed E-state index contributed by atoms with van der Waals surface area (Å²) < 4.78 is 77.9. The number of hydrogen-bond acceptors (Lipinski definition) is 3. The average Bonchev–Trinajstić information content (AvgIpc) is 2.37. The molecule has 1 N–H and O–H groups in total. The van der Waals surface area contributed by atoms with Crippen LogP contribution in [0, 0.1) is 0 Å². The minimum Gasteiger partial charge on any atom is -0.332 e. The van der Waals surface area contributed by atoms with Gasteiger partial charge in [0.15, 0.2) is 0 Å². The summed E-state index contributed by atoms with van der Waals surface area (Å²) in [5, 5.41) is 7.91. The van der Waals surface area contributed by atoms with E-state index in [1.54, 1.807) is 0 Å². The quantitative estimate of drug-likeness (QED) is 0.246. The number of rotatable bonds is 8. The first-order valence-corrected chi connectivity index (χ1v) is 5.21. The summed E-state index contributed by atoms with van der Waals surface area (Å²) in [4.78, 5) is 14.2. The van der Waals surface area contributed by atoms with Crippen LogP contribution in [0.15, 0.2) is 37.1 Å². The van der Waals surface area contributed by atoms with Crippen molar-refractivity contribution < 1.29 is 41.3 Å². The molecule has 0 aliphatic rings. The highest BCUT2D eigenvalue weighted by Crippen LogP contribution is 2.43. The van der Waals surface area contributed by atoms with E-state index in [1.165, 1.54) is 0 Å². The Kier molecular flexibility index (Phi) is 6.49. The van der Waals surface area contributed by atoms with Crippen molar-refractivity contribution in [2.45, 2.75) is 11.8 Å². The molecule has 0 unspecified atom stereocenters. The van der Waals surface area contributed by atoms with Gasteiger partial charge in [0.2, 0.25) is 0 Å². The van der Waals surface area contributed by atoms with Gasteiger partial charge in [-0.3, -0.25) is 4.79 Å². The van der Waals surface area contributed by atoms with Gasteiger partial charge in [0.05, 0.1) is 0 Å². The van der Waals surface area contributed by atoms with Crippen LogP contribution >= 0.6 is 0 Å². The van der Waals surface area contributed by atoms with Gasteiger partial charge in [0, 0.05) is 13.1 Å². The fraction of sp³-hybridized carbons (Fsp3) is 0.364. The minimum absolute atomic E-state index is 0.207. The number of halogens is 6. The molecule has 0 aliphatic carbocycles. The molecule has 0 rings (SSSR count). The van der Waals surface area contributed by atoms with Crippen molar-refractivity contribution >= 4 is 5.91 Å². The molecule has 0 fully saturated rings. The molecule has 21 heavy (non-hydrogen) atoms. The van der Waals surface area contributed by atoms with Gasteiger partial charge in [-0.15, -0.1) is 13.2 Å². The van der Waals surface area contributed by atoms with Crippen molar-refractivity contribution in [3.63, 3.8) is 0 Å². The molecular weight excluding hydrogens is 308 g/mol. The van der Waals surface area contributed by atoms with Crippen LogP contribution < -0.4 is 0 Å². The Balaban J connectivity index is 5.71. The van der Waals surface area contributed by atoms with Crippen molar-refractivity contribution in [3.05, 3.63) is 37.1 Å². The van der Waals surface area contributed by atoms with Gasteiger partial charge in [-0.2, -0.15) is 26.3 Å². The lowest BCUT2D eigenvalue weighted by Crippen LogP contribution is -2.55. The van der Waals surface area contributed by atoms with Crippen LogP contribution in [0.25, 0.3) is 0 Å². The predicted octanol–water partition coefficient (Wildman–Crippen LogP) is 3.06. The number of carbonyl (C=O) groups excluding carboxylic acids is 1. The van der Waals surface area contributed by atoms with Crippen molar-refractivity contribution in [1.82, 2.24) is 4.90 Å². The first-order valence-electron chi connectivity index (χ1n) is 5.21. The zero-order chi connectivity index (χ0) is 16.8. The third kappa shape index (κ3) is 3.78. The van der Waals surface area contributed by atoms with E-state index in [9.17, 15) is 31.1 Å². The molecule has 0 spiro atoms.